The molecule has 1 N–H and O–H groups in total. The van der Waals surface area contributed by atoms with Crippen LogP contribution in [-0.4, -0.2) is 62.9 Å². The van der Waals surface area contributed by atoms with Gasteiger partial charge in [0.25, 0.3) is 0 Å². The Labute approximate surface area is 141 Å². The van der Waals surface area contributed by atoms with Crippen molar-refractivity contribution in [3.63, 3.8) is 0 Å². The molecule has 2 aliphatic rings. The molecule has 0 amide bonds. The Morgan fingerprint density at radius 1 is 1.09 bits per heavy atom. The number of benzene rings is 1. The van der Waals surface area contributed by atoms with Crippen molar-refractivity contribution in [2.75, 3.05) is 39.3 Å². The van der Waals surface area contributed by atoms with Crippen molar-refractivity contribution < 1.29 is 17.2 Å². The number of piperazine rings is 1. The van der Waals surface area contributed by atoms with E-state index >= 15 is 0 Å². The summed E-state index contributed by atoms with van der Waals surface area (Å²) in [5, 5.41) is 3.30. The molecular formula is C14H20ClF2N3O2S. The van der Waals surface area contributed by atoms with E-state index in [1.807, 2.05) is 0 Å². The fourth-order valence-corrected chi connectivity index (χ4v) is 4.48. The molecule has 130 valence electrons. The topological polar surface area (TPSA) is 52.7 Å². The lowest BCUT2D eigenvalue weighted by Crippen LogP contribution is -2.52. The molecule has 0 aliphatic carbocycles. The SMILES string of the molecule is Cl.O=S(=O)(c1ccc(F)c(F)c1)N1CCN(C2CCNC2)CC1. The highest BCUT2D eigenvalue weighted by atomic mass is 35.5. The van der Waals surface area contributed by atoms with Gasteiger partial charge in [0, 0.05) is 38.8 Å². The molecule has 3 rings (SSSR count). The van der Waals surface area contributed by atoms with Crippen LogP contribution in [0.2, 0.25) is 0 Å². The molecule has 0 aromatic heterocycles. The van der Waals surface area contributed by atoms with Gasteiger partial charge in [0.05, 0.1) is 4.90 Å². The van der Waals surface area contributed by atoms with Crippen LogP contribution in [0.15, 0.2) is 23.1 Å². The number of nitrogens with zero attached hydrogens (tertiary/aromatic N) is 2. The quantitative estimate of drug-likeness (QED) is 0.868. The summed E-state index contributed by atoms with van der Waals surface area (Å²) >= 11 is 0. The van der Waals surface area contributed by atoms with E-state index in [1.165, 1.54) is 4.31 Å². The third-order valence-corrected chi connectivity index (χ3v) is 6.25. The van der Waals surface area contributed by atoms with Crippen LogP contribution in [0, 0.1) is 11.6 Å². The van der Waals surface area contributed by atoms with Gasteiger partial charge in [-0.2, -0.15) is 4.31 Å². The maximum atomic E-state index is 13.3. The molecule has 0 saturated carbocycles. The lowest BCUT2D eigenvalue weighted by Gasteiger charge is -2.37. The van der Waals surface area contributed by atoms with Gasteiger partial charge in [0.1, 0.15) is 0 Å². The minimum atomic E-state index is -3.76. The Morgan fingerprint density at radius 2 is 1.78 bits per heavy atom. The van der Waals surface area contributed by atoms with E-state index in [0.717, 1.165) is 37.7 Å². The van der Waals surface area contributed by atoms with Gasteiger partial charge >= 0.3 is 0 Å². The second kappa shape index (κ2) is 7.40. The molecule has 1 unspecified atom stereocenters. The molecule has 1 aromatic rings. The molecule has 0 bridgehead atoms. The minimum absolute atomic E-state index is 0. The Balaban J connectivity index is 0.00000192. The first-order valence-corrected chi connectivity index (χ1v) is 8.82. The Hall–Kier alpha value is -0.800. The predicted molar refractivity (Wildman–Crippen MR) is 85.2 cm³/mol. The third-order valence-electron chi connectivity index (χ3n) is 4.35. The summed E-state index contributed by atoms with van der Waals surface area (Å²) in [6, 6.07) is 3.18. The molecule has 0 radical (unpaired) electrons. The Morgan fingerprint density at radius 3 is 2.35 bits per heavy atom. The predicted octanol–water partition coefficient (Wildman–Crippen LogP) is 1.05. The first-order valence-electron chi connectivity index (χ1n) is 7.38. The fourth-order valence-electron chi connectivity index (χ4n) is 3.05. The van der Waals surface area contributed by atoms with Crippen LogP contribution < -0.4 is 5.32 Å². The summed E-state index contributed by atoms with van der Waals surface area (Å²) in [5.74, 6) is -2.19. The highest BCUT2D eigenvalue weighted by Crippen LogP contribution is 2.21. The molecule has 23 heavy (non-hydrogen) atoms. The van der Waals surface area contributed by atoms with E-state index in [9.17, 15) is 17.2 Å². The van der Waals surface area contributed by atoms with Crippen molar-refractivity contribution >= 4 is 22.4 Å². The van der Waals surface area contributed by atoms with Crippen LogP contribution in [-0.2, 0) is 10.0 Å². The molecule has 1 aromatic carbocycles. The van der Waals surface area contributed by atoms with E-state index in [4.69, 9.17) is 0 Å². The van der Waals surface area contributed by atoms with Crippen molar-refractivity contribution in [1.29, 1.82) is 0 Å². The molecule has 2 heterocycles. The van der Waals surface area contributed by atoms with Crippen LogP contribution in [0.25, 0.3) is 0 Å². The van der Waals surface area contributed by atoms with Crippen LogP contribution in [0.5, 0.6) is 0 Å². The summed E-state index contributed by atoms with van der Waals surface area (Å²) in [6.45, 7) is 4.01. The van der Waals surface area contributed by atoms with Gasteiger partial charge in [-0.05, 0) is 31.2 Å². The largest absolute Gasteiger partial charge is 0.315 e. The summed E-state index contributed by atoms with van der Waals surface area (Å²) in [4.78, 5) is 2.10. The first-order chi connectivity index (χ1) is 10.5. The molecule has 2 aliphatic heterocycles. The van der Waals surface area contributed by atoms with E-state index in [2.05, 4.69) is 10.2 Å². The smallest absolute Gasteiger partial charge is 0.243 e. The number of hydrogen-bond donors (Lipinski definition) is 1. The second-order valence-electron chi connectivity index (χ2n) is 5.66. The monoisotopic (exact) mass is 367 g/mol. The average molecular weight is 368 g/mol. The number of rotatable bonds is 3. The summed E-state index contributed by atoms with van der Waals surface area (Å²) in [5.41, 5.74) is 0. The zero-order valence-corrected chi connectivity index (χ0v) is 14.2. The average Bonchev–Trinajstić information content (AvgIpc) is 3.04. The zero-order valence-electron chi connectivity index (χ0n) is 12.5. The Kier molecular flexibility index (Phi) is 5.96. The molecule has 2 saturated heterocycles. The number of nitrogens with one attached hydrogen (secondary N) is 1. The standard InChI is InChI=1S/C14H19F2N3O2S.ClH/c15-13-2-1-12(9-14(13)16)22(20,21)19-7-5-18(6-8-19)11-3-4-17-10-11;/h1-2,9,11,17H,3-8,10H2;1H. The van der Waals surface area contributed by atoms with E-state index < -0.39 is 21.7 Å². The van der Waals surface area contributed by atoms with Crippen molar-refractivity contribution in [2.45, 2.75) is 17.4 Å². The van der Waals surface area contributed by atoms with E-state index in [-0.39, 0.29) is 17.3 Å². The molecule has 1 atom stereocenters. The van der Waals surface area contributed by atoms with Gasteiger partial charge in [-0.1, -0.05) is 0 Å². The van der Waals surface area contributed by atoms with Crippen molar-refractivity contribution in [3.8, 4) is 0 Å². The molecule has 5 nitrogen and oxygen atoms in total. The van der Waals surface area contributed by atoms with Crippen molar-refractivity contribution in [3.05, 3.63) is 29.8 Å². The number of hydrogen-bond acceptors (Lipinski definition) is 4. The summed E-state index contributed by atoms with van der Waals surface area (Å²) in [6.07, 6.45) is 1.08. The lowest BCUT2D eigenvalue weighted by atomic mass is 10.2. The molecular weight excluding hydrogens is 348 g/mol. The maximum absolute atomic E-state index is 13.3. The molecule has 0 spiro atoms. The molecule has 9 heteroatoms. The molecule has 2 fully saturated rings. The zero-order chi connectivity index (χ0) is 15.7. The lowest BCUT2D eigenvalue weighted by molar-refractivity contribution is 0.145. The summed E-state index contributed by atoms with van der Waals surface area (Å²) < 4.78 is 52.5. The maximum Gasteiger partial charge on any atom is 0.243 e. The van der Waals surface area contributed by atoms with Gasteiger partial charge in [0.2, 0.25) is 10.0 Å². The highest BCUT2D eigenvalue weighted by molar-refractivity contribution is 7.89. The highest BCUT2D eigenvalue weighted by Gasteiger charge is 2.32. The Bertz CT molecular complexity index is 645. The van der Waals surface area contributed by atoms with Gasteiger partial charge in [-0.3, -0.25) is 4.90 Å². The van der Waals surface area contributed by atoms with E-state index in [0.29, 0.717) is 32.2 Å². The van der Waals surface area contributed by atoms with Crippen LogP contribution in [0.3, 0.4) is 0 Å². The van der Waals surface area contributed by atoms with Gasteiger partial charge in [-0.25, -0.2) is 17.2 Å². The fraction of sp³-hybridized carbons (Fsp3) is 0.571. The first kappa shape index (κ1) is 18.5. The number of sulfonamides is 1. The van der Waals surface area contributed by atoms with Crippen LogP contribution in [0.1, 0.15) is 6.42 Å². The van der Waals surface area contributed by atoms with Crippen molar-refractivity contribution in [1.82, 2.24) is 14.5 Å². The minimum Gasteiger partial charge on any atom is -0.315 e. The summed E-state index contributed by atoms with van der Waals surface area (Å²) in [7, 11) is -3.76. The number of halogens is 3. The third kappa shape index (κ3) is 3.83. The normalized spacial score (nSPS) is 23.7. The van der Waals surface area contributed by atoms with Gasteiger partial charge in [-0.15, -0.1) is 12.4 Å². The van der Waals surface area contributed by atoms with E-state index in [1.54, 1.807) is 0 Å². The second-order valence-corrected chi connectivity index (χ2v) is 7.60. The van der Waals surface area contributed by atoms with Crippen molar-refractivity contribution in [2.24, 2.45) is 0 Å². The van der Waals surface area contributed by atoms with Crippen LogP contribution >= 0.6 is 12.4 Å². The van der Waals surface area contributed by atoms with Crippen LogP contribution in [0.4, 0.5) is 8.78 Å². The van der Waals surface area contributed by atoms with Gasteiger partial charge in [0.15, 0.2) is 11.6 Å². The van der Waals surface area contributed by atoms with Gasteiger partial charge < -0.3 is 5.32 Å².